The second kappa shape index (κ2) is 7.01. The Balaban J connectivity index is 1.63. The molecule has 9 heteroatoms. The third kappa shape index (κ3) is 3.51. The van der Waals surface area contributed by atoms with Gasteiger partial charge in [-0.25, -0.2) is 13.8 Å². The molecule has 27 heavy (non-hydrogen) atoms. The molecule has 1 aromatic carbocycles. The van der Waals surface area contributed by atoms with E-state index in [2.05, 4.69) is 15.4 Å². The van der Waals surface area contributed by atoms with Crippen LogP contribution in [0.15, 0.2) is 47.2 Å². The molecular formula is C18H12F2N4OS2. The van der Waals surface area contributed by atoms with Crippen LogP contribution < -0.4 is 5.32 Å². The van der Waals surface area contributed by atoms with Gasteiger partial charge in [-0.05, 0) is 36.6 Å². The first-order valence-electron chi connectivity index (χ1n) is 7.84. The molecule has 0 spiro atoms. The zero-order valence-corrected chi connectivity index (χ0v) is 15.6. The fraction of sp³-hybridized carbons (Fsp3) is 0.0556. The normalized spacial score (nSPS) is 10.9. The summed E-state index contributed by atoms with van der Waals surface area (Å²) in [6, 6.07) is 8.61. The van der Waals surface area contributed by atoms with Crippen LogP contribution in [0.1, 0.15) is 16.1 Å². The van der Waals surface area contributed by atoms with Gasteiger partial charge in [0.15, 0.2) is 11.6 Å². The molecule has 0 atom stereocenters. The number of nitrogens with zero attached hydrogens (tertiary/aromatic N) is 3. The van der Waals surface area contributed by atoms with Crippen LogP contribution in [0.4, 0.5) is 14.6 Å². The lowest BCUT2D eigenvalue weighted by Crippen LogP contribution is -2.15. The summed E-state index contributed by atoms with van der Waals surface area (Å²) in [5.74, 6) is -2.25. The van der Waals surface area contributed by atoms with Crippen LogP contribution in [0.3, 0.4) is 0 Å². The number of rotatable bonds is 4. The van der Waals surface area contributed by atoms with Gasteiger partial charge in [0.05, 0.1) is 16.3 Å². The molecule has 0 aliphatic rings. The van der Waals surface area contributed by atoms with Crippen molar-refractivity contribution in [3.05, 3.63) is 70.1 Å². The Labute approximate surface area is 160 Å². The van der Waals surface area contributed by atoms with Crippen molar-refractivity contribution in [1.29, 1.82) is 0 Å². The fourth-order valence-corrected chi connectivity index (χ4v) is 4.01. The van der Waals surface area contributed by atoms with Gasteiger partial charge in [-0.15, -0.1) is 22.7 Å². The van der Waals surface area contributed by atoms with Crippen LogP contribution in [0.2, 0.25) is 0 Å². The van der Waals surface area contributed by atoms with Gasteiger partial charge in [-0.1, -0.05) is 6.07 Å². The molecule has 0 saturated heterocycles. The van der Waals surface area contributed by atoms with Gasteiger partial charge in [0.2, 0.25) is 5.13 Å². The molecule has 3 aromatic heterocycles. The van der Waals surface area contributed by atoms with E-state index in [1.165, 1.54) is 22.1 Å². The van der Waals surface area contributed by atoms with E-state index in [9.17, 15) is 13.6 Å². The Morgan fingerprint density at radius 3 is 2.74 bits per heavy atom. The highest BCUT2D eigenvalue weighted by Crippen LogP contribution is 2.29. The molecule has 4 rings (SSSR count). The average Bonchev–Trinajstić information content (AvgIpc) is 3.37. The van der Waals surface area contributed by atoms with Crippen LogP contribution in [0, 0.1) is 18.6 Å². The number of nitrogens with one attached hydrogen (secondary N) is 1. The second-order valence-corrected chi connectivity index (χ2v) is 7.44. The minimum Gasteiger partial charge on any atom is -0.306 e. The van der Waals surface area contributed by atoms with E-state index in [4.69, 9.17) is 0 Å². The number of halogens is 2. The number of thiophene rings is 1. The predicted molar refractivity (Wildman–Crippen MR) is 102 cm³/mol. The quantitative estimate of drug-likeness (QED) is 0.528. The number of aromatic nitrogens is 3. The molecule has 5 nitrogen and oxygen atoms in total. The lowest BCUT2D eigenvalue weighted by atomic mass is 10.2. The largest absolute Gasteiger partial charge is 0.306 e. The third-order valence-electron chi connectivity index (χ3n) is 3.70. The summed E-state index contributed by atoms with van der Waals surface area (Å²) >= 11 is 2.97. The van der Waals surface area contributed by atoms with E-state index < -0.39 is 17.5 Å². The van der Waals surface area contributed by atoms with Crippen LogP contribution in [-0.2, 0) is 0 Å². The third-order valence-corrected chi connectivity index (χ3v) is 5.41. The molecule has 1 N–H and O–H groups in total. The minimum atomic E-state index is -1.08. The number of hydrogen-bond acceptors (Lipinski definition) is 5. The smallest absolute Gasteiger partial charge is 0.256 e. The molecule has 1 amide bonds. The lowest BCUT2D eigenvalue weighted by Gasteiger charge is -2.07. The Morgan fingerprint density at radius 1 is 1.15 bits per heavy atom. The van der Waals surface area contributed by atoms with E-state index in [1.54, 1.807) is 24.3 Å². The highest BCUT2D eigenvalue weighted by atomic mass is 32.1. The van der Waals surface area contributed by atoms with E-state index in [0.717, 1.165) is 22.7 Å². The summed E-state index contributed by atoms with van der Waals surface area (Å²) in [6.07, 6.45) is 0. The molecule has 0 unspecified atom stereocenters. The van der Waals surface area contributed by atoms with Crippen molar-refractivity contribution < 1.29 is 13.6 Å². The molecular weight excluding hydrogens is 390 g/mol. The number of carbonyl (C=O) groups is 1. The molecule has 136 valence electrons. The van der Waals surface area contributed by atoms with Crippen molar-refractivity contribution in [2.75, 3.05) is 5.32 Å². The van der Waals surface area contributed by atoms with E-state index in [1.807, 2.05) is 22.9 Å². The van der Waals surface area contributed by atoms with Gasteiger partial charge in [-0.2, -0.15) is 9.78 Å². The van der Waals surface area contributed by atoms with Crippen molar-refractivity contribution in [2.24, 2.45) is 0 Å². The summed E-state index contributed by atoms with van der Waals surface area (Å²) in [7, 11) is 0. The van der Waals surface area contributed by atoms with Gasteiger partial charge >= 0.3 is 0 Å². The molecule has 0 radical (unpaired) electrons. The standard InChI is InChI=1S/C18H12F2N4OS2/c1-10-7-16(22-17(25)11-4-5-12(19)13(20)8-11)24(23-10)18-21-14(9-27-18)15-3-2-6-26-15/h2-9H,1H3,(H,22,25). The zero-order chi connectivity index (χ0) is 19.0. The van der Waals surface area contributed by atoms with Crippen LogP contribution in [0.25, 0.3) is 15.7 Å². The maximum Gasteiger partial charge on any atom is 0.256 e. The van der Waals surface area contributed by atoms with Crippen molar-refractivity contribution in [3.63, 3.8) is 0 Å². The van der Waals surface area contributed by atoms with Crippen molar-refractivity contribution >= 4 is 34.4 Å². The molecule has 0 saturated carbocycles. The number of amides is 1. The number of carbonyl (C=O) groups excluding carboxylic acids is 1. The Hall–Kier alpha value is -2.91. The lowest BCUT2D eigenvalue weighted by molar-refractivity contribution is 0.102. The topological polar surface area (TPSA) is 59.8 Å². The number of benzene rings is 1. The first kappa shape index (κ1) is 17.5. The molecule has 3 heterocycles. The molecule has 4 aromatic rings. The van der Waals surface area contributed by atoms with Crippen LogP contribution in [0.5, 0.6) is 0 Å². The number of anilines is 1. The number of aryl methyl sites for hydroxylation is 1. The van der Waals surface area contributed by atoms with Gasteiger partial charge < -0.3 is 5.32 Å². The first-order chi connectivity index (χ1) is 13.0. The molecule has 0 aliphatic heterocycles. The summed E-state index contributed by atoms with van der Waals surface area (Å²) < 4.78 is 28.0. The van der Waals surface area contributed by atoms with E-state index >= 15 is 0 Å². The maximum atomic E-state index is 13.4. The summed E-state index contributed by atoms with van der Waals surface area (Å²) in [4.78, 5) is 18.0. The molecule has 0 aliphatic carbocycles. The Bertz CT molecular complexity index is 1120. The minimum absolute atomic E-state index is 0.0118. The zero-order valence-electron chi connectivity index (χ0n) is 13.9. The summed E-state index contributed by atoms with van der Waals surface area (Å²) in [5.41, 5.74) is 1.53. The predicted octanol–water partition coefficient (Wildman–Crippen LogP) is 4.90. The van der Waals surface area contributed by atoms with Crippen molar-refractivity contribution in [1.82, 2.24) is 14.8 Å². The number of hydrogen-bond donors (Lipinski definition) is 1. The molecule has 0 fully saturated rings. The summed E-state index contributed by atoms with van der Waals surface area (Å²) in [6.45, 7) is 1.79. The monoisotopic (exact) mass is 402 g/mol. The van der Waals surface area contributed by atoms with E-state index in [0.29, 0.717) is 16.6 Å². The fourth-order valence-electron chi connectivity index (χ4n) is 2.46. The van der Waals surface area contributed by atoms with E-state index in [-0.39, 0.29) is 5.56 Å². The maximum absolute atomic E-state index is 13.4. The van der Waals surface area contributed by atoms with Crippen molar-refractivity contribution in [2.45, 2.75) is 6.92 Å². The van der Waals surface area contributed by atoms with Gasteiger partial charge in [0, 0.05) is 17.0 Å². The second-order valence-electron chi connectivity index (χ2n) is 5.66. The highest BCUT2D eigenvalue weighted by Gasteiger charge is 2.16. The van der Waals surface area contributed by atoms with Gasteiger partial charge in [0.25, 0.3) is 5.91 Å². The summed E-state index contributed by atoms with van der Waals surface area (Å²) in [5, 5.41) is 11.5. The highest BCUT2D eigenvalue weighted by molar-refractivity contribution is 7.15. The first-order valence-corrected chi connectivity index (χ1v) is 9.60. The van der Waals surface area contributed by atoms with Crippen LogP contribution in [-0.4, -0.2) is 20.7 Å². The average molecular weight is 402 g/mol. The molecule has 0 bridgehead atoms. The Kier molecular flexibility index (Phi) is 4.54. The van der Waals surface area contributed by atoms with Gasteiger partial charge in [-0.3, -0.25) is 4.79 Å². The Morgan fingerprint density at radius 2 is 2.00 bits per heavy atom. The van der Waals surface area contributed by atoms with Crippen LogP contribution >= 0.6 is 22.7 Å². The SMILES string of the molecule is Cc1cc(NC(=O)c2ccc(F)c(F)c2)n(-c2nc(-c3cccs3)cs2)n1. The number of thiazole rings is 1. The van der Waals surface area contributed by atoms with Crippen molar-refractivity contribution in [3.8, 4) is 15.7 Å². The van der Waals surface area contributed by atoms with Gasteiger partial charge in [0.1, 0.15) is 5.82 Å².